The lowest BCUT2D eigenvalue weighted by Gasteiger charge is -2.21. The van der Waals surface area contributed by atoms with Crippen molar-refractivity contribution in [3.63, 3.8) is 0 Å². The fourth-order valence-electron chi connectivity index (χ4n) is 2.44. The molecule has 0 spiro atoms. The molecule has 1 heterocycles. The summed E-state index contributed by atoms with van der Waals surface area (Å²) >= 11 is 0. The third-order valence-corrected chi connectivity index (χ3v) is 3.58. The highest BCUT2D eigenvalue weighted by Crippen LogP contribution is 2.20. The maximum Gasteiger partial charge on any atom is 0.0623 e. The van der Waals surface area contributed by atoms with Gasteiger partial charge in [-0.25, -0.2) is 0 Å². The summed E-state index contributed by atoms with van der Waals surface area (Å²) in [5, 5.41) is 10.3. The van der Waals surface area contributed by atoms with Crippen molar-refractivity contribution >= 4 is 0 Å². The number of aliphatic hydroxyl groups excluding tert-OH is 1. The van der Waals surface area contributed by atoms with E-state index >= 15 is 0 Å². The molecule has 0 aromatic carbocycles. The number of rotatable bonds is 8. The number of hydrogen-bond acceptors (Lipinski definition) is 2. The normalized spacial score (nSPS) is 12.9. The second-order valence-corrected chi connectivity index (χ2v) is 5.12. The van der Waals surface area contributed by atoms with Crippen LogP contribution in [0.25, 0.3) is 0 Å². The van der Waals surface area contributed by atoms with Gasteiger partial charge in [-0.1, -0.05) is 39.7 Å². The van der Waals surface area contributed by atoms with E-state index in [0.717, 1.165) is 37.8 Å². The summed E-state index contributed by atoms with van der Waals surface area (Å²) < 4.78 is 0. The van der Waals surface area contributed by atoms with Crippen LogP contribution in [0.2, 0.25) is 0 Å². The minimum Gasteiger partial charge on any atom is -0.392 e. The minimum atomic E-state index is -0.245. The topological polar surface area (TPSA) is 33.1 Å². The molecule has 2 nitrogen and oxygen atoms in total. The molecule has 2 heteroatoms. The van der Waals surface area contributed by atoms with Crippen molar-refractivity contribution in [3.05, 3.63) is 29.6 Å². The maximum atomic E-state index is 10.3. The van der Waals surface area contributed by atoms with Gasteiger partial charge in [0.1, 0.15) is 0 Å². The summed E-state index contributed by atoms with van der Waals surface area (Å²) in [6.45, 7) is 6.50. The van der Waals surface area contributed by atoms with Crippen LogP contribution in [0.4, 0.5) is 0 Å². The second-order valence-electron chi connectivity index (χ2n) is 5.12. The van der Waals surface area contributed by atoms with E-state index in [1.54, 1.807) is 0 Å². The Labute approximate surface area is 111 Å². The number of nitrogens with zero attached hydrogens (tertiary/aromatic N) is 1. The van der Waals surface area contributed by atoms with Crippen LogP contribution in [0.1, 0.15) is 57.7 Å². The van der Waals surface area contributed by atoms with E-state index in [9.17, 15) is 5.11 Å². The third kappa shape index (κ3) is 4.77. The molecule has 0 amide bonds. The monoisotopic (exact) mass is 249 g/mol. The first-order chi connectivity index (χ1) is 8.71. The number of hydrogen-bond donors (Lipinski definition) is 1. The van der Waals surface area contributed by atoms with Gasteiger partial charge in [-0.3, -0.25) is 4.98 Å². The Morgan fingerprint density at radius 2 is 1.78 bits per heavy atom. The average molecular weight is 249 g/mol. The summed E-state index contributed by atoms with van der Waals surface area (Å²) in [6, 6.07) is 4.17. The number of aromatic nitrogens is 1. The molecule has 0 fully saturated rings. The molecule has 0 saturated carbocycles. The largest absolute Gasteiger partial charge is 0.392 e. The van der Waals surface area contributed by atoms with E-state index in [0.29, 0.717) is 12.3 Å². The molecule has 1 rings (SSSR count). The first-order valence-electron chi connectivity index (χ1n) is 7.33. The van der Waals surface area contributed by atoms with Crippen molar-refractivity contribution in [2.75, 3.05) is 0 Å². The molecule has 1 N–H and O–H groups in total. The van der Waals surface area contributed by atoms with E-state index in [1.165, 1.54) is 5.56 Å². The van der Waals surface area contributed by atoms with E-state index in [1.807, 2.05) is 6.20 Å². The molecule has 0 aliphatic carbocycles. The van der Waals surface area contributed by atoms with Crippen LogP contribution in [0.3, 0.4) is 0 Å². The standard InChI is InChI=1S/C16H27NO/c1-4-7-14(8-5-2)16(18)11-15-10-9-13(6-3)12-17-15/h9-10,12,14,16,18H,4-8,11H2,1-3H3. The number of aryl methyl sites for hydroxylation is 1. The first kappa shape index (κ1) is 15.2. The first-order valence-corrected chi connectivity index (χ1v) is 7.33. The highest BCUT2D eigenvalue weighted by atomic mass is 16.3. The van der Waals surface area contributed by atoms with Gasteiger partial charge in [0.25, 0.3) is 0 Å². The van der Waals surface area contributed by atoms with Gasteiger partial charge in [-0.05, 0) is 36.8 Å². The molecule has 0 radical (unpaired) electrons. The van der Waals surface area contributed by atoms with Crippen LogP contribution in [0, 0.1) is 5.92 Å². The molecule has 1 atom stereocenters. The van der Waals surface area contributed by atoms with Crippen molar-refractivity contribution in [3.8, 4) is 0 Å². The van der Waals surface area contributed by atoms with Gasteiger partial charge in [-0.2, -0.15) is 0 Å². The Morgan fingerprint density at radius 1 is 1.11 bits per heavy atom. The Kier molecular flexibility index (Phi) is 6.96. The zero-order valence-electron chi connectivity index (χ0n) is 12.0. The molecular weight excluding hydrogens is 222 g/mol. The van der Waals surface area contributed by atoms with Gasteiger partial charge in [0.2, 0.25) is 0 Å². The Hall–Kier alpha value is -0.890. The molecule has 0 saturated heterocycles. The van der Waals surface area contributed by atoms with Crippen molar-refractivity contribution in [1.29, 1.82) is 0 Å². The summed E-state index contributed by atoms with van der Waals surface area (Å²) in [6.07, 6.45) is 7.90. The minimum absolute atomic E-state index is 0.245. The van der Waals surface area contributed by atoms with E-state index in [2.05, 4.69) is 37.9 Å². The SMILES string of the molecule is CCCC(CCC)C(O)Cc1ccc(CC)cn1. The summed E-state index contributed by atoms with van der Waals surface area (Å²) in [4.78, 5) is 4.43. The smallest absolute Gasteiger partial charge is 0.0623 e. The summed E-state index contributed by atoms with van der Waals surface area (Å²) in [7, 11) is 0. The highest BCUT2D eigenvalue weighted by molar-refractivity contribution is 5.14. The Morgan fingerprint density at radius 3 is 2.22 bits per heavy atom. The van der Waals surface area contributed by atoms with Gasteiger partial charge < -0.3 is 5.11 Å². The van der Waals surface area contributed by atoms with Crippen LogP contribution >= 0.6 is 0 Å². The summed E-state index contributed by atoms with van der Waals surface area (Å²) in [5.74, 6) is 0.424. The maximum absolute atomic E-state index is 10.3. The van der Waals surface area contributed by atoms with Crippen LogP contribution in [0.5, 0.6) is 0 Å². The molecule has 0 bridgehead atoms. The summed E-state index contributed by atoms with van der Waals surface area (Å²) in [5.41, 5.74) is 2.27. The van der Waals surface area contributed by atoms with E-state index < -0.39 is 0 Å². The molecule has 1 aromatic heterocycles. The van der Waals surface area contributed by atoms with Crippen molar-refractivity contribution in [2.45, 2.75) is 65.4 Å². The zero-order valence-corrected chi connectivity index (χ0v) is 12.0. The lowest BCUT2D eigenvalue weighted by atomic mass is 9.90. The molecule has 18 heavy (non-hydrogen) atoms. The van der Waals surface area contributed by atoms with Gasteiger partial charge in [0.05, 0.1) is 6.10 Å². The number of pyridine rings is 1. The molecule has 1 unspecified atom stereocenters. The van der Waals surface area contributed by atoms with Gasteiger partial charge in [0.15, 0.2) is 0 Å². The molecule has 0 aliphatic rings. The average Bonchev–Trinajstić information content (AvgIpc) is 2.39. The van der Waals surface area contributed by atoms with Crippen LogP contribution in [0.15, 0.2) is 18.3 Å². The fraction of sp³-hybridized carbons (Fsp3) is 0.688. The lowest BCUT2D eigenvalue weighted by Crippen LogP contribution is -2.23. The lowest BCUT2D eigenvalue weighted by molar-refractivity contribution is 0.0954. The van der Waals surface area contributed by atoms with Crippen molar-refractivity contribution < 1.29 is 5.11 Å². The quantitative estimate of drug-likeness (QED) is 0.761. The number of aliphatic hydroxyl groups is 1. The Balaban J connectivity index is 2.57. The fourth-order valence-corrected chi connectivity index (χ4v) is 2.44. The predicted octanol–water partition coefficient (Wildman–Crippen LogP) is 3.76. The van der Waals surface area contributed by atoms with Gasteiger partial charge >= 0.3 is 0 Å². The van der Waals surface area contributed by atoms with Crippen molar-refractivity contribution in [2.24, 2.45) is 5.92 Å². The van der Waals surface area contributed by atoms with Crippen LogP contribution < -0.4 is 0 Å². The van der Waals surface area contributed by atoms with Crippen LogP contribution in [-0.4, -0.2) is 16.2 Å². The molecular formula is C16H27NO. The molecule has 102 valence electrons. The highest BCUT2D eigenvalue weighted by Gasteiger charge is 2.18. The predicted molar refractivity (Wildman–Crippen MR) is 76.6 cm³/mol. The van der Waals surface area contributed by atoms with Crippen molar-refractivity contribution in [1.82, 2.24) is 4.98 Å². The van der Waals surface area contributed by atoms with Gasteiger partial charge in [0, 0.05) is 18.3 Å². The van der Waals surface area contributed by atoms with Gasteiger partial charge in [-0.15, -0.1) is 0 Å². The van der Waals surface area contributed by atoms with E-state index in [-0.39, 0.29) is 6.10 Å². The van der Waals surface area contributed by atoms with E-state index in [4.69, 9.17) is 0 Å². The second kappa shape index (κ2) is 8.25. The molecule has 1 aromatic rings. The Bertz CT molecular complexity index is 314. The third-order valence-electron chi connectivity index (χ3n) is 3.58. The van der Waals surface area contributed by atoms with Crippen LogP contribution in [-0.2, 0) is 12.8 Å². The zero-order chi connectivity index (χ0) is 13.4. The molecule has 0 aliphatic heterocycles.